The molecule has 0 N–H and O–H groups in total. The Morgan fingerprint density at radius 1 is 0.927 bits per heavy atom. The number of fused-ring (bicyclic) bond motifs is 1. The monoisotopic (exact) mass is 552 g/mol. The molecule has 2 aromatic heterocycles. The second-order valence-corrected chi connectivity index (χ2v) is 11.5. The molecule has 2 fully saturated rings. The van der Waals surface area contributed by atoms with Crippen LogP contribution in [0.1, 0.15) is 36.9 Å². The minimum atomic E-state index is 0.0960. The number of ether oxygens (including phenoxy) is 2. The molecule has 4 aromatic rings. The first-order chi connectivity index (χ1) is 20.0. The number of pyridine rings is 1. The van der Waals surface area contributed by atoms with E-state index in [2.05, 4.69) is 75.9 Å². The first-order valence-corrected chi connectivity index (χ1v) is 14.8. The SMILES string of the molecule is COc1cccc(-c2nc3ccc(-c4cccc(C)c4)cn3c2CN2CCN(C(=O)[C@@H]3CCC[C@H](OC)C3)CC2)c1. The number of rotatable bonds is 7. The van der Waals surface area contributed by atoms with Crippen LogP contribution in [0.25, 0.3) is 28.0 Å². The Kier molecular flexibility index (Phi) is 8.08. The molecule has 3 heterocycles. The van der Waals surface area contributed by atoms with Crippen LogP contribution in [0.2, 0.25) is 0 Å². The van der Waals surface area contributed by atoms with E-state index < -0.39 is 0 Å². The van der Waals surface area contributed by atoms with E-state index in [4.69, 9.17) is 14.5 Å². The van der Waals surface area contributed by atoms with Crippen molar-refractivity contribution in [3.05, 3.63) is 78.1 Å². The molecule has 1 amide bonds. The van der Waals surface area contributed by atoms with E-state index in [-0.39, 0.29) is 12.0 Å². The van der Waals surface area contributed by atoms with E-state index in [0.717, 1.165) is 92.3 Å². The minimum Gasteiger partial charge on any atom is -0.497 e. The normalized spacial score (nSPS) is 19.9. The number of hydrogen-bond donors (Lipinski definition) is 0. The fraction of sp³-hybridized carbons (Fsp3) is 0.412. The number of aromatic nitrogens is 2. The zero-order valence-corrected chi connectivity index (χ0v) is 24.4. The summed E-state index contributed by atoms with van der Waals surface area (Å²) in [6, 6.07) is 21.0. The molecule has 0 unspecified atom stereocenters. The highest BCUT2D eigenvalue weighted by Crippen LogP contribution is 2.31. The van der Waals surface area contributed by atoms with Crippen LogP contribution in [0.3, 0.4) is 0 Å². The summed E-state index contributed by atoms with van der Waals surface area (Å²) in [7, 11) is 3.46. The lowest BCUT2D eigenvalue weighted by Gasteiger charge is -2.38. The zero-order chi connectivity index (χ0) is 28.3. The summed E-state index contributed by atoms with van der Waals surface area (Å²) in [6.07, 6.45) is 6.40. The number of imidazole rings is 1. The molecule has 7 heteroatoms. The first kappa shape index (κ1) is 27.5. The van der Waals surface area contributed by atoms with Crippen molar-refractivity contribution in [1.82, 2.24) is 19.2 Å². The molecule has 0 radical (unpaired) electrons. The van der Waals surface area contributed by atoms with Crippen molar-refractivity contribution in [2.24, 2.45) is 5.92 Å². The van der Waals surface area contributed by atoms with Gasteiger partial charge in [-0.05, 0) is 61.6 Å². The van der Waals surface area contributed by atoms with Gasteiger partial charge < -0.3 is 18.8 Å². The quantitative estimate of drug-likeness (QED) is 0.289. The molecule has 1 saturated heterocycles. The predicted molar refractivity (Wildman–Crippen MR) is 162 cm³/mol. The van der Waals surface area contributed by atoms with Crippen LogP contribution >= 0.6 is 0 Å². The summed E-state index contributed by atoms with van der Waals surface area (Å²) < 4.78 is 13.4. The van der Waals surface area contributed by atoms with Gasteiger partial charge in [0.05, 0.1) is 24.6 Å². The van der Waals surface area contributed by atoms with Crippen molar-refractivity contribution in [3.63, 3.8) is 0 Å². The Labute approximate surface area is 242 Å². The third-order valence-corrected chi connectivity index (χ3v) is 8.78. The van der Waals surface area contributed by atoms with E-state index in [0.29, 0.717) is 5.91 Å². The number of aryl methyl sites for hydroxylation is 1. The lowest BCUT2D eigenvalue weighted by molar-refractivity contribution is -0.140. The average molecular weight is 553 g/mol. The van der Waals surface area contributed by atoms with Gasteiger partial charge in [0.15, 0.2) is 0 Å². The number of carbonyl (C=O) groups excluding carboxylic acids is 1. The summed E-state index contributed by atoms with van der Waals surface area (Å²) in [4.78, 5) is 23.0. The van der Waals surface area contributed by atoms with Gasteiger partial charge in [-0.2, -0.15) is 0 Å². The van der Waals surface area contributed by atoms with Gasteiger partial charge in [0.1, 0.15) is 11.4 Å². The van der Waals surface area contributed by atoms with Gasteiger partial charge in [-0.3, -0.25) is 9.69 Å². The highest BCUT2D eigenvalue weighted by Gasteiger charge is 2.32. The summed E-state index contributed by atoms with van der Waals surface area (Å²) >= 11 is 0. The van der Waals surface area contributed by atoms with Gasteiger partial charge in [-0.1, -0.05) is 48.4 Å². The maximum atomic E-state index is 13.3. The lowest BCUT2D eigenvalue weighted by atomic mass is 9.86. The third kappa shape index (κ3) is 5.88. The maximum Gasteiger partial charge on any atom is 0.225 e. The van der Waals surface area contributed by atoms with Crippen molar-refractivity contribution in [3.8, 4) is 28.1 Å². The van der Waals surface area contributed by atoms with Crippen LogP contribution in [-0.4, -0.2) is 71.6 Å². The van der Waals surface area contributed by atoms with E-state index in [9.17, 15) is 4.79 Å². The Morgan fingerprint density at radius 3 is 2.51 bits per heavy atom. The van der Waals surface area contributed by atoms with Crippen LogP contribution in [0.5, 0.6) is 5.75 Å². The molecule has 7 nitrogen and oxygen atoms in total. The van der Waals surface area contributed by atoms with Gasteiger partial charge in [0.2, 0.25) is 5.91 Å². The number of nitrogens with zero attached hydrogens (tertiary/aromatic N) is 4. The number of piperazine rings is 1. The van der Waals surface area contributed by atoms with E-state index in [1.165, 1.54) is 11.1 Å². The smallest absolute Gasteiger partial charge is 0.225 e. The van der Waals surface area contributed by atoms with Gasteiger partial charge in [-0.25, -0.2) is 4.98 Å². The fourth-order valence-corrected chi connectivity index (χ4v) is 6.42. The predicted octanol–water partition coefficient (Wildman–Crippen LogP) is 5.83. The standard InChI is InChI=1S/C34H40N4O3/c1-24-7-4-8-25(19-24)28-13-14-32-35-33(26-9-5-11-29(20-26)40-2)31(38(32)22-28)23-36-15-17-37(18-16-36)34(39)27-10-6-12-30(21-27)41-3/h4-5,7-9,11,13-14,19-20,22,27,30H,6,10,12,15-18,21,23H2,1-3H3/t27-,30+/m1/s1. The van der Waals surface area contributed by atoms with Crippen LogP contribution in [0.4, 0.5) is 0 Å². The van der Waals surface area contributed by atoms with E-state index in [1.54, 1.807) is 14.2 Å². The highest BCUT2D eigenvalue weighted by molar-refractivity contribution is 5.79. The molecule has 2 aromatic carbocycles. The van der Waals surface area contributed by atoms with Crippen molar-refractivity contribution in [2.75, 3.05) is 40.4 Å². The Bertz CT molecular complexity index is 1520. The van der Waals surface area contributed by atoms with E-state index >= 15 is 0 Å². The Hall–Kier alpha value is -3.68. The van der Waals surface area contributed by atoms with Crippen LogP contribution in [0.15, 0.2) is 66.9 Å². The molecule has 1 aliphatic carbocycles. The second-order valence-electron chi connectivity index (χ2n) is 11.5. The zero-order valence-electron chi connectivity index (χ0n) is 24.4. The fourth-order valence-electron chi connectivity index (χ4n) is 6.42. The number of carbonyl (C=O) groups is 1. The minimum absolute atomic E-state index is 0.0960. The topological polar surface area (TPSA) is 59.3 Å². The molecule has 0 spiro atoms. The van der Waals surface area contributed by atoms with Gasteiger partial charge in [-0.15, -0.1) is 0 Å². The molecule has 0 bridgehead atoms. The average Bonchev–Trinajstić information content (AvgIpc) is 3.38. The molecule has 41 heavy (non-hydrogen) atoms. The molecule has 1 saturated carbocycles. The number of methoxy groups -OCH3 is 2. The van der Waals surface area contributed by atoms with E-state index in [1.807, 2.05) is 12.1 Å². The Balaban J connectivity index is 1.27. The van der Waals surface area contributed by atoms with Gasteiger partial charge in [0, 0.05) is 57.5 Å². The largest absolute Gasteiger partial charge is 0.497 e. The summed E-state index contributed by atoms with van der Waals surface area (Å²) in [5.41, 5.74) is 7.68. The second kappa shape index (κ2) is 12.0. The maximum absolute atomic E-state index is 13.3. The van der Waals surface area contributed by atoms with Crippen LogP contribution in [-0.2, 0) is 16.1 Å². The van der Waals surface area contributed by atoms with Crippen molar-refractivity contribution in [1.29, 1.82) is 0 Å². The van der Waals surface area contributed by atoms with Gasteiger partial charge in [0.25, 0.3) is 0 Å². The molecule has 214 valence electrons. The number of benzene rings is 2. The first-order valence-electron chi connectivity index (χ1n) is 14.8. The summed E-state index contributed by atoms with van der Waals surface area (Å²) in [5, 5.41) is 0. The molecule has 6 rings (SSSR count). The lowest BCUT2D eigenvalue weighted by Crippen LogP contribution is -2.50. The highest BCUT2D eigenvalue weighted by atomic mass is 16.5. The van der Waals surface area contributed by atoms with Crippen molar-refractivity contribution >= 4 is 11.6 Å². The number of amides is 1. The van der Waals surface area contributed by atoms with Crippen molar-refractivity contribution in [2.45, 2.75) is 45.3 Å². The van der Waals surface area contributed by atoms with Crippen LogP contribution in [0, 0.1) is 12.8 Å². The molecular formula is C34H40N4O3. The summed E-state index contributed by atoms with van der Waals surface area (Å²) in [6.45, 7) is 6.07. The van der Waals surface area contributed by atoms with Crippen LogP contribution < -0.4 is 4.74 Å². The summed E-state index contributed by atoms with van der Waals surface area (Å²) in [5.74, 6) is 1.22. The molecule has 2 aliphatic rings. The molecular weight excluding hydrogens is 512 g/mol. The van der Waals surface area contributed by atoms with Crippen molar-refractivity contribution < 1.29 is 14.3 Å². The Morgan fingerprint density at radius 2 is 1.73 bits per heavy atom. The van der Waals surface area contributed by atoms with Gasteiger partial charge >= 0.3 is 0 Å². The third-order valence-electron chi connectivity index (χ3n) is 8.78. The number of hydrogen-bond acceptors (Lipinski definition) is 5. The molecule has 1 aliphatic heterocycles. The molecule has 2 atom stereocenters.